The topological polar surface area (TPSA) is 18.5 Å². The van der Waals surface area contributed by atoms with Gasteiger partial charge in [0.15, 0.2) is 0 Å². The van der Waals surface area contributed by atoms with Gasteiger partial charge in [0, 0.05) is 21.5 Å². The summed E-state index contributed by atoms with van der Waals surface area (Å²) >= 11 is 13.3. The molecule has 0 saturated heterocycles. The Morgan fingerprint density at radius 3 is 1.53 bits per heavy atom. The van der Waals surface area contributed by atoms with E-state index in [4.69, 9.17) is 32.7 Å². The number of hydrogen-bond donors (Lipinski definition) is 0. The third-order valence-corrected chi connectivity index (χ3v) is 6.09. The van der Waals surface area contributed by atoms with E-state index in [9.17, 15) is 0 Å². The van der Waals surface area contributed by atoms with Gasteiger partial charge in [0.05, 0.1) is 23.3 Å². The van der Waals surface area contributed by atoms with Crippen LogP contribution >= 0.6 is 23.2 Å². The predicted molar refractivity (Wildman–Crippen MR) is 131 cm³/mol. The molecule has 4 heteroatoms. The Kier molecular flexibility index (Phi) is 8.96. The lowest BCUT2D eigenvalue weighted by Crippen LogP contribution is -2.03. The zero-order chi connectivity index (χ0) is 21.3. The van der Waals surface area contributed by atoms with Crippen molar-refractivity contribution >= 4 is 44.7 Å². The zero-order valence-electron chi connectivity index (χ0n) is 18.1. The Hall–Kier alpha value is -1.64. The van der Waals surface area contributed by atoms with Gasteiger partial charge in [-0.15, -0.1) is 0 Å². The van der Waals surface area contributed by atoms with E-state index >= 15 is 0 Å². The van der Waals surface area contributed by atoms with Gasteiger partial charge in [-0.05, 0) is 25.0 Å². The normalized spacial score (nSPS) is 11.3. The van der Waals surface area contributed by atoms with Crippen LogP contribution in [0.3, 0.4) is 0 Å². The lowest BCUT2D eigenvalue weighted by atomic mass is 10.00. The smallest absolute Gasteiger partial charge is 0.138 e. The van der Waals surface area contributed by atoms with Crippen LogP contribution in [0.25, 0.3) is 21.5 Å². The van der Waals surface area contributed by atoms with Crippen molar-refractivity contribution in [3.8, 4) is 11.5 Å². The summed E-state index contributed by atoms with van der Waals surface area (Å²) in [4.78, 5) is 0. The van der Waals surface area contributed by atoms with Crippen LogP contribution in [0.2, 0.25) is 10.0 Å². The summed E-state index contributed by atoms with van der Waals surface area (Å²) in [5.74, 6) is 1.62. The maximum absolute atomic E-state index is 6.67. The Morgan fingerprint density at radius 2 is 1.07 bits per heavy atom. The van der Waals surface area contributed by atoms with E-state index in [1.54, 1.807) is 0 Å². The first kappa shape index (κ1) is 23.0. The van der Waals surface area contributed by atoms with E-state index in [-0.39, 0.29) is 0 Å². The lowest BCUT2D eigenvalue weighted by molar-refractivity contribution is 0.307. The number of unbranched alkanes of at least 4 members (excludes halogenated alkanes) is 6. The molecule has 0 spiro atoms. The maximum Gasteiger partial charge on any atom is 0.138 e. The molecule has 0 aliphatic heterocycles. The second-order valence-electron chi connectivity index (χ2n) is 7.80. The molecular weight excluding hydrogens is 415 g/mol. The van der Waals surface area contributed by atoms with E-state index in [2.05, 4.69) is 26.0 Å². The SMILES string of the molecule is CCCCCCOc1c2cccc(Cl)c2c(OCCCCCC)c2c(Cl)cccc12. The van der Waals surface area contributed by atoms with E-state index in [0.717, 1.165) is 52.3 Å². The molecule has 0 bridgehead atoms. The monoisotopic (exact) mass is 446 g/mol. The molecule has 3 aromatic carbocycles. The third kappa shape index (κ3) is 5.34. The van der Waals surface area contributed by atoms with Crippen LogP contribution in [0, 0.1) is 0 Å². The number of benzene rings is 3. The van der Waals surface area contributed by atoms with Crippen LogP contribution in [0.1, 0.15) is 65.2 Å². The number of hydrogen-bond acceptors (Lipinski definition) is 2. The molecule has 2 nitrogen and oxygen atoms in total. The van der Waals surface area contributed by atoms with Crippen molar-refractivity contribution in [3.63, 3.8) is 0 Å². The minimum atomic E-state index is 0.651. The highest BCUT2D eigenvalue weighted by Crippen LogP contribution is 2.47. The van der Waals surface area contributed by atoms with E-state index in [1.807, 2.05) is 24.3 Å². The highest BCUT2D eigenvalue weighted by Gasteiger charge is 2.20. The maximum atomic E-state index is 6.67. The standard InChI is InChI=1S/C26H32Cl2O2/c1-3-5-7-9-17-29-25-19-13-11-15-21(27)23(19)26(30-18-10-8-6-4-2)24-20(25)14-12-16-22(24)28/h11-16H,3-10,17-18H2,1-2H3. The Bertz CT molecular complexity index is 905. The Labute approximate surface area is 190 Å². The van der Waals surface area contributed by atoms with Crippen LogP contribution in [-0.2, 0) is 0 Å². The zero-order valence-corrected chi connectivity index (χ0v) is 19.6. The Balaban J connectivity index is 2.04. The molecule has 0 radical (unpaired) electrons. The number of ether oxygens (including phenoxy) is 2. The summed E-state index contributed by atoms with van der Waals surface area (Å²) in [5.41, 5.74) is 0. The van der Waals surface area contributed by atoms with Gasteiger partial charge < -0.3 is 9.47 Å². The number of fused-ring (bicyclic) bond motifs is 2. The van der Waals surface area contributed by atoms with Crippen LogP contribution in [0.4, 0.5) is 0 Å². The van der Waals surface area contributed by atoms with Crippen molar-refractivity contribution < 1.29 is 9.47 Å². The molecule has 162 valence electrons. The second kappa shape index (κ2) is 11.7. The number of rotatable bonds is 12. The van der Waals surface area contributed by atoms with Gasteiger partial charge in [-0.1, -0.05) is 99.8 Å². The first-order valence-electron chi connectivity index (χ1n) is 11.3. The molecule has 0 heterocycles. The molecule has 0 saturated carbocycles. The minimum Gasteiger partial charge on any atom is -0.492 e. The molecule has 0 fully saturated rings. The summed E-state index contributed by atoms with van der Waals surface area (Å²) in [5, 5.41) is 5.06. The summed E-state index contributed by atoms with van der Waals surface area (Å²) in [7, 11) is 0. The van der Waals surface area contributed by atoms with Crippen molar-refractivity contribution in [1.82, 2.24) is 0 Å². The van der Waals surface area contributed by atoms with Crippen molar-refractivity contribution in [1.29, 1.82) is 0 Å². The molecule has 0 aliphatic carbocycles. The van der Waals surface area contributed by atoms with Crippen LogP contribution in [-0.4, -0.2) is 13.2 Å². The van der Waals surface area contributed by atoms with Crippen molar-refractivity contribution in [2.24, 2.45) is 0 Å². The first-order chi connectivity index (χ1) is 14.7. The highest BCUT2D eigenvalue weighted by atomic mass is 35.5. The molecular formula is C26H32Cl2O2. The van der Waals surface area contributed by atoms with Crippen molar-refractivity contribution in [2.75, 3.05) is 13.2 Å². The molecule has 0 atom stereocenters. The average molecular weight is 447 g/mol. The number of halogens is 2. The summed E-state index contributed by atoms with van der Waals surface area (Å²) in [6, 6.07) is 11.9. The van der Waals surface area contributed by atoms with Crippen LogP contribution in [0.5, 0.6) is 11.5 Å². The third-order valence-electron chi connectivity index (χ3n) is 5.46. The van der Waals surface area contributed by atoms with E-state index < -0.39 is 0 Å². The predicted octanol–water partition coefficient (Wildman–Crippen LogP) is 9.22. The van der Waals surface area contributed by atoms with Gasteiger partial charge in [0.25, 0.3) is 0 Å². The molecule has 0 amide bonds. The van der Waals surface area contributed by atoms with E-state index in [0.29, 0.717) is 23.3 Å². The van der Waals surface area contributed by atoms with Crippen molar-refractivity contribution in [2.45, 2.75) is 65.2 Å². The molecule has 3 aromatic rings. The van der Waals surface area contributed by atoms with Gasteiger partial charge in [-0.2, -0.15) is 0 Å². The highest BCUT2D eigenvalue weighted by molar-refractivity contribution is 6.40. The molecule has 30 heavy (non-hydrogen) atoms. The fourth-order valence-corrected chi connectivity index (χ4v) is 4.39. The summed E-state index contributed by atoms with van der Waals surface area (Å²) in [6.45, 7) is 5.76. The van der Waals surface area contributed by atoms with Gasteiger partial charge in [-0.25, -0.2) is 0 Å². The molecule has 0 aromatic heterocycles. The molecule has 0 unspecified atom stereocenters. The largest absolute Gasteiger partial charge is 0.492 e. The minimum absolute atomic E-state index is 0.651. The second-order valence-corrected chi connectivity index (χ2v) is 8.62. The van der Waals surface area contributed by atoms with Gasteiger partial charge in [0.2, 0.25) is 0 Å². The van der Waals surface area contributed by atoms with Gasteiger partial charge in [-0.3, -0.25) is 0 Å². The lowest BCUT2D eigenvalue weighted by Gasteiger charge is -2.19. The summed E-state index contributed by atoms with van der Waals surface area (Å²) in [6.07, 6.45) is 9.24. The fraction of sp³-hybridized carbons (Fsp3) is 0.462. The van der Waals surface area contributed by atoms with Crippen molar-refractivity contribution in [3.05, 3.63) is 46.4 Å². The fourth-order valence-electron chi connectivity index (χ4n) is 3.86. The van der Waals surface area contributed by atoms with E-state index in [1.165, 1.54) is 32.1 Å². The van der Waals surface area contributed by atoms with Crippen LogP contribution < -0.4 is 9.47 Å². The average Bonchev–Trinajstić information content (AvgIpc) is 2.74. The molecule has 0 aliphatic rings. The molecule has 0 N–H and O–H groups in total. The van der Waals surface area contributed by atoms with Gasteiger partial charge >= 0.3 is 0 Å². The summed E-state index contributed by atoms with van der Waals surface area (Å²) < 4.78 is 12.7. The van der Waals surface area contributed by atoms with Gasteiger partial charge in [0.1, 0.15) is 11.5 Å². The quantitative estimate of drug-likeness (QED) is 0.203. The first-order valence-corrected chi connectivity index (χ1v) is 12.0. The molecule has 3 rings (SSSR count). The van der Waals surface area contributed by atoms with Crippen LogP contribution in [0.15, 0.2) is 36.4 Å². The Morgan fingerprint density at radius 1 is 0.600 bits per heavy atom.